The Balaban J connectivity index is 1.67. The highest BCUT2D eigenvalue weighted by Gasteiger charge is 2.25. The molecule has 0 bridgehead atoms. The van der Waals surface area contributed by atoms with Gasteiger partial charge in [0, 0.05) is 44.6 Å². The van der Waals surface area contributed by atoms with Gasteiger partial charge in [-0.15, -0.1) is 0 Å². The van der Waals surface area contributed by atoms with Crippen molar-refractivity contribution in [3.63, 3.8) is 0 Å². The molecule has 1 aliphatic carbocycles. The lowest BCUT2D eigenvalue weighted by Gasteiger charge is -2.17. The first-order chi connectivity index (χ1) is 9.26. The lowest BCUT2D eigenvalue weighted by atomic mass is 10.4. The van der Waals surface area contributed by atoms with Gasteiger partial charge in [-0.25, -0.2) is 4.79 Å². The molecule has 19 heavy (non-hydrogen) atoms. The molecule has 5 nitrogen and oxygen atoms in total. The quantitative estimate of drug-likeness (QED) is 0.676. The molecule has 0 aromatic carbocycles. The molecule has 1 fully saturated rings. The van der Waals surface area contributed by atoms with Crippen LogP contribution < -0.4 is 11.0 Å². The second kappa shape index (κ2) is 6.91. The van der Waals surface area contributed by atoms with Crippen LogP contribution in [0.2, 0.25) is 0 Å². The first-order valence-electron chi connectivity index (χ1n) is 7.46. The zero-order valence-corrected chi connectivity index (χ0v) is 12.1. The number of nitrogens with one attached hydrogen (secondary N) is 1. The van der Waals surface area contributed by atoms with E-state index in [0.29, 0.717) is 6.04 Å². The first-order valence-corrected chi connectivity index (χ1v) is 7.46. The van der Waals surface area contributed by atoms with Crippen LogP contribution in [0.5, 0.6) is 0 Å². The second-order valence-corrected chi connectivity index (χ2v) is 5.19. The summed E-state index contributed by atoms with van der Waals surface area (Å²) >= 11 is 0. The Labute approximate surface area is 115 Å². The van der Waals surface area contributed by atoms with Gasteiger partial charge >= 0.3 is 5.69 Å². The largest absolute Gasteiger partial charge is 0.328 e. The predicted molar refractivity (Wildman–Crippen MR) is 77.6 cm³/mol. The van der Waals surface area contributed by atoms with E-state index in [1.165, 1.54) is 0 Å². The summed E-state index contributed by atoms with van der Waals surface area (Å²) in [5.74, 6) is 0. The highest BCUT2D eigenvalue weighted by molar-refractivity contribution is 4.91. The highest BCUT2D eigenvalue weighted by atomic mass is 16.1. The fourth-order valence-electron chi connectivity index (χ4n) is 2.33. The van der Waals surface area contributed by atoms with E-state index in [0.717, 1.165) is 52.1 Å². The van der Waals surface area contributed by atoms with Crippen LogP contribution in [0.3, 0.4) is 0 Å². The van der Waals surface area contributed by atoms with Crippen molar-refractivity contribution in [3.8, 4) is 0 Å². The van der Waals surface area contributed by atoms with Crippen molar-refractivity contribution in [2.24, 2.45) is 0 Å². The molecule has 0 radical (unpaired) electrons. The molecule has 1 N–H and O–H groups in total. The van der Waals surface area contributed by atoms with Crippen LogP contribution in [-0.4, -0.2) is 46.8 Å². The molecule has 0 amide bonds. The summed E-state index contributed by atoms with van der Waals surface area (Å²) in [4.78, 5) is 14.4. The van der Waals surface area contributed by atoms with Crippen LogP contribution in [-0.2, 0) is 6.54 Å². The molecule has 0 atom stereocenters. The minimum absolute atomic E-state index is 0.146. The lowest BCUT2D eigenvalue weighted by molar-refractivity contribution is 0.302. The average molecular weight is 266 g/mol. The molecule has 1 heterocycles. The predicted octanol–water partition coefficient (Wildman–Crippen LogP) is 0.916. The Morgan fingerprint density at radius 2 is 2.00 bits per heavy atom. The third-order valence-electron chi connectivity index (χ3n) is 3.84. The number of likely N-dealkylation sites (N-methyl/N-ethyl adjacent to an activating group) is 1. The Kier molecular flexibility index (Phi) is 5.22. The van der Waals surface area contributed by atoms with Crippen LogP contribution in [0.4, 0.5) is 0 Å². The molecule has 2 rings (SSSR count). The average Bonchev–Trinajstić information content (AvgIpc) is 3.20. The molecule has 1 aliphatic rings. The maximum Gasteiger partial charge on any atom is 0.328 e. The van der Waals surface area contributed by atoms with Gasteiger partial charge in [0.15, 0.2) is 0 Å². The maximum absolute atomic E-state index is 12.0. The van der Waals surface area contributed by atoms with Gasteiger partial charge < -0.3 is 10.2 Å². The molecule has 0 saturated heterocycles. The van der Waals surface area contributed by atoms with Crippen molar-refractivity contribution in [2.75, 3.05) is 32.7 Å². The topological polar surface area (TPSA) is 42.2 Å². The van der Waals surface area contributed by atoms with E-state index in [9.17, 15) is 4.79 Å². The summed E-state index contributed by atoms with van der Waals surface area (Å²) < 4.78 is 3.68. The fourth-order valence-corrected chi connectivity index (χ4v) is 2.33. The Hall–Kier alpha value is -1.07. The molecule has 0 aliphatic heterocycles. The number of imidazole rings is 1. The minimum Gasteiger partial charge on any atom is -0.314 e. The van der Waals surface area contributed by atoms with Gasteiger partial charge in [0.2, 0.25) is 0 Å². The summed E-state index contributed by atoms with van der Waals surface area (Å²) in [5, 5.41) is 3.40. The molecular formula is C14H26N4O. The van der Waals surface area contributed by atoms with Crippen LogP contribution in [0.15, 0.2) is 17.2 Å². The van der Waals surface area contributed by atoms with E-state index in [4.69, 9.17) is 0 Å². The molecule has 108 valence electrons. The van der Waals surface area contributed by atoms with E-state index in [1.54, 1.807) is 0 Å². The number of hydrogen-bond donors (Lipinski definition) is 1. The standard InChI is InChI=1S/C14H26N4O/c1-3-16(4-2)9-7-15-8-10-17-11-12-18(14(17)19)13-5-6-13/h11-13,15H,3-10H2,1-2H3. The zero-order chi connectivity index (χ0) is 13.7. The van der Waals surface area contributed by atoms with Gasteiger partial charge in [0.1, 0.15) is 0 Å². The molecule has 5 heteroatoms. The van der Waals surface area contributed by atoms with Crippen molar-refractivity contribution in [1.82, 2.24) is 19.4 Å². The highest BCUT2D eigenvalue weighted by Crippen LogP contribution is 2.33. The molecule has 1 saturated carbocycles. The summed E-state index contributed by atoms with van der Waals surface area (Å²) in [7, 11) is 0. The second-order valence-electron chi connectivity index (χ2n) is 5.19. The lowest BCUT2D eigenvalue weighted by Crippen LogP contribution is -2.34. The normalized spacial score (nSPS) is 15.3. The Bertz CT molecular complexity index is 429. The van der Waals surface area contributed by atoms with Gasteiger partial charge in [-0.05, 0) is 25.9 Å². The van der Waals surface area contributed by atoms with E-state index < -0.39 is 0 Å². The van der Waals surface area contributed by atoms with Gasteiger partial charge in [-0.3, -0.25) is 9.13 Å². The van der Waals surface area contributed by atoms with E-state index in [2.05, 4.69) is 24.1 Å². The van der Waals surface area contributed by atoms with Gasteiger partial charge in [0.25, 0.3) is 0 Å². The van der Waals surface area contributed by atoms with Crippen molar-refractivity contribution in [2.45, 2.75) is 39.3 Å². The smallest absolute Gasteiger partial charge is 0.314 e. The number of nitrogens with zero attached hydrogens (tertiary/aromatic N) is 3. The monoisotopic (exact) mass is 266 g/mol. The van der Waals surface area contributed by atoms with Gasteiger partial charge in [0.05, 0.1) is 0 Å². The summed E-state index contributed by atoms with van der Waals surface area (Å²) in [6.07, 6.45) is 6.15. The van der Waals surface area contributed by atoms with E-state index >= 15 is 0 Å². The number of hydrogen-bond acceptors (Lipinski definition) is 3. The van der Waals surface area contributed by atoms with Crippen molar-refractivity contribution in [3.05, 3.63) is 22.9 Å². The van der Waals surface area contributed by atoms with Crippen LogP contribution in [0, 0.1) is 0 Å². The zero-order valence-electron chi connectivity index (χ0n) is 12.1. The summed E-state index contributed by atoms with van der Waals surface area (Å²) in [5.41, 5.74) is 0.146. The SMILES string of the molecule is CCN(CC)CCNCCn1ccn(C2CC2)c1=O. The van der Waals surface area contributed by atoms with Crippen molar-refractivity contribution < 1.29 is 0 Å². The van der Waals surface area contributed by atoms with Crippen molar-refractivity contribution >= 4 is 0 Å². The van der Waals surface area contributed by atoms with Gasteiger partial charge in [-0.1, -0.05) is 13.8 Å². The van der Waals surface area contributed by atoms with Gasteiger partial charge in [-0.2, -0.15) is 0 Å². The number of rotatable bonds is 9. The van der Waals surface area contributed by atoms with Crippen LogP contribution in [0.25, 0.3) is 0 Å². The Morgan fingerprint density at radius 3 is 2.63 bits per heavy atom. The van der Waals surface area contributed by atoms with Crippen LogP contribution >= 0.6 is 0 Å². The van der Waals surface area contributed by atoms with Crippen molar-refractivity contribution in [1.29, 1.82) is 0 Å². The third-order valence-corrected chi connectivity index (χ3v) is 3.84. The maximum atomic E-state index is 12.0. The number of aromatic nitrogens is 2. The molecule has 0 unspecified atom stereocenters. The van der Waals surface area contributed by atoms with Crippen LogP contribution in [0.1, 0.15) is 32.7 Å². The first kappa shape index (κ1) is 14.3. The molecule has 0 spiro atoms. The molecule has 1 aromatic rings. The molecular weight excluding hydrogens is 240 g/mol. The minimum atomic E-state index is 0.146. The van der Waals surface area contributed by atoms with E-state index in [1.807, 2.05) is 21.5 Å². The van der Waals surface area contributed by atoms with E-state index in [-0.39, 0.29) is 5.69 Å². The third kappa shape index (κ3) is 3.94. The molecule has 1 aromatic heterocycles. The Morgan fingerprint density at radius 1 is 1.26 bits per heavy atom. The fraction of sp³-hybridized carbons (Fsp3) is 0.786. The summed E-state index contributed by atoms with van der Waals surface area (Å²) in [6.45, 7) is 10.2. The summed E-state index contributed by atoms with van der Waals surface area (Å²) in [6, 6.07) is 0.476.